The van der Waals surface area contributed by atoms with Crippen molar-refractivity contribution in [1.82, 2.24) is 0 Å². The molecular formula is C19H16F2N2O3. The number of carbonyl (C=O) groups excluding carboxylic acids is 1. The first-order chi connectivity index (χ1) is 12.3. The smallest absolute Gasteiger partial charge is 0.328 e. The Morgan fingerprint density at radius 3 is 2.42 bits per heavy atom. The zero-order chi connectivity index (χ0) is 18.9. The van der Waals surface area contributed by atoms with E-state index >= 15 is 0 Å². The second-order valence-corrected chi connectivity index (χ2v) is 5.95. The van der Waals surface area contributed by atoms with Gasteiger partial charge in [-0.3, -0.25) is 4.79 Å². The maximum Gasteiger partial charge on any atom is 0.328 e. The number of benzene rings is 2. The van der Waals surface area contributed by atoms with Gasteiger partial charge >= 0.3 is 5.97 Å². The van der Waals surface area contributed by atoms with Crippen LogP contribution in [0.15, 0.2) is 54.6 Å². The predicted molar refractivity (Wildman–Crippen MR) is 94.1 cm³/mol. The molecule has 7 heteroatoms. The molecule has 0 aliphatic carbocycles. The lowest BCUT2D eigenvalue weighted by Gasteiger charge is -2.22. The summed E-state index contributed by atoms with van der Waals surface area (Å²) >= 11 is 0. The molecule has 3 N–H and O–H groups in total. The average Bonchev–Trinajstić information content (AvgIpc) is 2.70. The molecule has 0 unspecified atom stereocenters. The minimum absolute atomic E-state index is 0.0289. The number of hydrogen-bond acceptors (Lipinski definition) is 3. The van der Waals surface area contributed by atoms with Crippen LogP contribution in [0.3, 0.4) is 0 Å². The summed E-state index contributed by atoms with van der Waals surface area (Å²) in [5, 5.41) is 8.99. The van der Waals surface area contributed by atoms with E-state index in [1.54, 1.807) is 18.2 Å². The number of amides is 1. The van der Waals surface area contributed by atoms with Crippen LogP contribution in [0.25, 0.3) is 5.57 Å². The third-order valence-corrected chi connectivity index (χ3v) is 4.20. The van der Waals surface area contributed by atoms with E-state index in [2.05, 4.69) is 0 Å². The number of alkyl halides is 2. The Morgan fingerprint density at radius 1 is 1.12 bits per heavy atom. The lowest BCUT2D eigenvalue weighted by molar-refractivity contribution is -0.131. The summed E-state index contributed by atoms with van der Waals surface area (Å²) in [4.78, 5) is 25.2. The Bertz CT molecular complexity index is 892. The van der Waals surface area contributed by atoms with Crippen molar-refractivity contribution < 1.29 is 23.5 Å². The van der Waals surface area contributed by atoms with Gasteiger partial charge < -0.3 is 15.7 Å². The highest BCUT2D eigenvalue weighted by molar-refractivity contribution is 6.08. The number of aliphatic carboxylic acids is 1. The standard InChI is InChI=1S/C19H16F2N2O3/c20-19(21)9-10-23(18(26)12-5-7-13(22)8-6-12)16-4-2-1-3-14(16)15(19)11-17(24)25/h1-8,11H,9-10,22H2,(H,24,25)/b15-11+. The molecule has 1 heterocycles. The van der Waals surface area contributed by atoms with Crippen molar-refractivity contribution in [1.29, 1.82) is 0 Å². The van der Waals surface area contributed by atoms with E-state index in [1.807, 2.05) is 0 Å². The number of carboxylic acid groups (broad SMARTS) is 1. The summed E-state index contributed by atoms with van der Waals surface area (Å²) in [6.07, 6.45) is -0.169. The highest BCUT2D eigenvalue weighted by atomic mass is 19.3. The van der Waals surface area contributed by atoms with E-state index in [9.17, 15) is 18.4 Å². The number of halogens is 2. The van der Waals surface area contributed by atoms with Crippen molar-refractivity contribution in [2.75, 3.05) is 17.2 Å². The van der Waals surface area contributed by atoms with Crippen LogP contribution in [-0.4, -0.2) is 29.5 Å². The van der Waals surface area contributed by atoms with Gasteiger partial charge in [0.05, 0.1) is 5.69 Å². The number of para-hydroxylation sites is 1. The van der Waals surface area contributed by atoms with Crippen molar-refractivity contribution in [3.05, 3.63) is 65.7 Å². The van der Waals surface area contributed by atoms with Gasteiger partial charge in [0.15, 0.2) is 0 Å². The van der Waals surface area contributed by atoms with Crippen molar-refractivity contribution in [3.8, 4) is 0 Å². The number of rotatable bonds is 2. The van der Waals surface area contributed by atoms with Crippen LogP contribution in [0.5, 0.6) is 0 Å². The number of nitrogen functional groups attached to an aromatic ring is 1. The van der Waals surface area contributed by atoms with Crippen LogP contribution >= 0.6 is 0 Å². The highest BCUT2D eigenvalue weighted by Gasteiger charge is 2.41. The Morgan fingerprint density at radius 2 is 1.77 bits per heavy atom. The van der Waals surface area contributed by atoms with E-state index in [-0.39, 0.29) is 17.8 Å². The number of fused-ring (bicyclic) bond motifs is 1. The maximum atomic E-state index is 14.6. The fraction of sp³-hybridized carbons (Fsp3) is 0.158. The zero-order valence-corrected chi connectivity index (χ0v) is 13.7. The minimum atomic E-state index is -3.37. The second kappa shape index (κ2) is 6.59. The monoisotopic (exact) mass is 358 g/mol. The maximum absolute atomic E-state index is 14.6. The molecule has 0 aromatic heterocycles. The van der Waals surface area contributed by atoms with Gasteiger partial charge in [-0.1, -0.05) is 18.2 Å². The van der Waals surface area contributed by atoms with E-state index in [0.717, 1.165) is 0 Å². The first-order valence-electron chi connectivity index (χ1n) is 7.89. The first kappa shape index (κ1) is 17.6. The summed E-state index contributed by atoms with van der Waals surface area (Å²) in [6, 6.07) is 12.2. The van der Waals surface area contributed by atoms with Gasteiger partial charge in [0.1, 0.15) is 0 Å². The largest absolute Gasteiger partial charge is 0.478 e. The first-order valence-corrected chi connectivity index (χ1v) is 7.89. The number of anilines is 2. The van der Waals surface area contributed by atoms with Gasteiger partial charge in [-0.05, 0) is 30.3 Å². The van der Waals surface area contributed by atoms with Gasteiger partial charge in [-0.2, -0.15) is 0 Å². The molecule has 2 aromatic carbocycles. The van der Waals surface area contributed by atoms with Crippen LogP contribution in [0.2, 0.25) is 0 Å². The molecule has 26 heavy (non-hydrogen) atoms. The fourth-order valence-corrected chi connectivity index (χ4v) is 2.94. The minimum Gasteiger partial charge on any atom is -0.478 e. The Hall–Kier alpha value is -3.22. The van der Waals surface area contributed by atoms with Gasteiger partial charge in [-0.25, -0.2) is 13.6 Å². The molecule has 1 aliphatic heterocycles. The lowest BCUT2D eigenvalue weighted by atomic mass is 9.97. The van der Waals surface area contributed by atoms with Crippen molar-refractivity contribution >= 4 is 28.8 Å². The molecular weight excluding hydrogens is 342 g/mol. The lowest BCUT2D eigenvalue weighted by Crippen LogP contribution is -2.33. The fourth-order valence-electron chi connectivity index (χ4n) is 2.94. The molecule has 0 bridgehead atoms. The van der Waals surface area contributed by atoms with E-state index < -0.39 is 29.8 Å². The molecule has 0 saturated carbocycles. The number of allylic oxidation sites excluding steroid dienone is 1. The molecule has 0 radical (unpaired) electrons. The van der Waals surface area contributed by atoms with Crippen LogP contribution in [-0.2, 0) is 4.79 Å². The molecule has 3 rings (SSSR count). The molecule has 5 nitrogen and oxygen atoms in total. The van der Waals surface area contributed by atoms with E-state index in [0.29, 0.717) is 17.3 Å². The van der Waals surface area contributed by atoms with Crippen LogP contribution < -0.4 is 10.6 Å². The van der Waals surface area contributed by atoms with Gasteiger partial charge in [0, 0.05) is 41.4 Å². The number of nitrogens with two attached hydrogens (primary N) is 1. The molecule has 0 saturated heterocycles. The van der Waals surface area contributed by atoms with Crippen LogP contribution in [0.1, 0.15) is 22.3 Å². The number of hydrogen-bond donors (Lipinski definition) is 2. The average molecular weight is 358 g/mol. The summed E-state index contributed by atoms with van der Waals surface area (Å²) in [5.74, 6) is -5.29. The molecule has 0 spiro atoms. The second-order valence-electron chi connectivity index (χ2n) is 5.95. The number of carbonyl (C=O) groups is 2. The van der Waals surface area contributed by atoms with Crippen molar-refractivity contribution in [3.63, 3.8) is 0 Å². The van der Waals surface area contributed by atoms with Crippen molar-refractivity contribution in [2.24, 2.45) is 0 Å². The number of carboxylic acids is 1. The summed E-state index contributed by atoms with van der Waals surface area (Å²) < 4.78 is 29.1. The third kappa shape index (κ3) is 3.28. The summed E-state index contributed by atoms with van der Waals surface area (Å²) in [6.45, 7) is -0.246. The Balaban J connectivity index is 2.12. The summed E-state index contributed by atoms with van der Waals surface area (Å²) in [7, 11) is 0. The molecule has 134 valence electrons. The highest BCUT2D eigenvalue weighted by Crippen LogP contribution is 2.43. The normalized spacial score (nSPS) is 17.5. The van der Waals surface area contributed by atoms with Gasteiger partial charge in [-0.15, -0.1) is 0 Å². The molecule has 1 aliphatic rings. The van der Waals surface area contributed by atoms with E-state index in [4.69, 9.17) is 10.8 Å². The topological polar surface area (TPSA) is 83.6 Å². The third-order valence-electron chi connectivity index (χ3n) is 4.20. The number of nitrogens with zero attached hydrogens (tertiary/aromatic N) is 1. The van der Waals surface area contributed by atoms with Crippen LogP contribution in [0.4, 0.5) is 20.2 Å². The van der Waals surface area contributed by atoms with Gasteiger partial charge in [0.2, 0.25) is 0 Å². The van der Waals surface area contributed by atoms with Gasteiger partial charge in [0.25, 0.3) is 11.8 Å². The summed E-state index contributed by atoms with van der Waals surface area (Å²) in [5.41, 5.74) is 6.08. The molecule has 0 fully saturated rings. The quantitative estimate of drug-likeness (QED) is 0.636. The predicted octanol–water partition coefficient (Wildman–Crippen LogP) is 3.42. The van der Waals surface area contributed by atoms with Crippen LogP contribution in [0, 0.1) is 0 Å². The SMILES string of the molecule is Nc1ccc(C(=O)N2CCC(F)(F)/C(=C/C(=O)O)c3ccccc32)cc1. The Labute approximate surface area is 148 Å². The Kier molecular flexibility index (Phi) is 4.46. The molecule has 2 aromatic rings. The van der Waals surface area contributed by atoms with Crippen molar-refractivity contribution in [2.45, 2.75) is 12.3 Å². The van der Waals surface area contributed by atoms with E-state index in [1.165, 1.54) is 35.2 Å². The molecule has 1 amide bonds. The molecule has 0 atom stereocenters. The zero-order valence-electron chi connectivity index (χ0n) is 13.7.